The van der Waals surface area contributed by atoms with Gasteiger partial charge in [0.15, 0.2) is 0 Å². The Bertz CT molecular complexity index is 996. The molecular formula is C24H31Cl2N3O6S. The van der Waals surface area contributed by atoms with Gasteiger partial charge in [-0.3, -0.25) is 9.59 Å². The molecule has 0 radical (unpaired) electrons. The third-order valence-electron chi connectivity index (χ3n) is 5.49. The number of carbonyl (C=O) groups is 4. The Morgan fingerprint density at radius 1 is 1.19 bits per heavy atom. The van der Waals surface area contributed by atoms with E-state index in [9.17, 15) is 24.3 Å². The highest BCUT2D eigenvalue weighted by molar-refractivity contribution is 7.98. The summed E-state index contributed by atoms with van der Waals surface area (Å²) in [6.07, 6.45) is 4.95. The van der Waals surface area contributed by atoms with Gasteiger partial charge in [-0.2, -0.15) is 0 Å². The van der Waals surface area contributed by atoms with E-state index in [0.717, 1.165) is 4.90 Å². The lowest BCUT2D eigenvalue weighted by molar-refractivity contribution is -0.142. The molecule has 0 saturated carbocycles. The maximum Gasteiger partial charge on any atom is 0.407 e. The monoisotopic (exact) mass is 559 g/mol. The number of thioether (sulfide) groups is 1. The van der Waals surface area contributed by atoms with Gasteiger partial charge in [0.25, 0.3) is 0 Å². The van der Waals surface area contributed by atoms with Crippen LogP contribution in [0.3, 0.4) is 0 Å². The zero-order valence-corrected chi connectivity index (χ0v) is 22.7. The Balaban J connectivity index is 1.85. The highest BCUT2D eigenvalue weighted by Gasteiger charge is 2.30. The summed E-state index contributed by atoms with van der Waals surface area (Å²) in [6, 6.07) is 2.33. The minimum absolute atomic E-state index is 0.141. The summed E-state index contributed by atoms with van der Waals surface area (Å²) < 4.78 is 4.95. The molecule has 198 valence electrons. The molecule has 1 fully saturated rings. The summed E-state index contributed by atoms with van der Waals surface area (Å²) in [4.78, 5) is 50.9. The third kappa shape index (κ3) is 8.90. The summed E-state index contributed by atoms with van der Waals surface area (Å²) in [5.41, 5.74) is 0.628. The number of alkyl carbamates (subject to hydrolysis) is 1. The first-order valence-electron chi connectivity index (χ1n) is 11.5. The van der Waals surface area contributed by atoms with Crippen LogP contribution in [0, 0.1) is 11.8 Å². The zero-order valence-electron chi connectivity index (χ0n) is 20.4. The maximum atomic E-state index is 12.6. The maximum absolute atomic E-state index is 12.6. The normalized spacial score (nSPS) is 15.1. The van der Waals surface area contributed by atoms with Crippen LogP contribution >= 0.6 is 35.0 Å². The molecule has 2 rings (SSSR count). The second kappa shape index (κ2) is 14.3. The fourth-order valence-electron chi connectivity index (χ4n) is 3.43. The Kier molecular flexibility index (Phi) is 11.9. The zero-order chi connectivity index (χ0) is 26.8. The number of halogens is 2. The molecule has 3 N–H and O–H groups in total. The molecule has 1 aliphatic rings. The summed E-state index contributed by atoms with van der Waals surface area (Å²) in [7, 11) is 0. The van der Waals surface area contributed by atoms with Crippen LogP contribution in [-0.4, -0.2) is 72.4 Å². The number of aliphatic carboxylic acids is 1. The Hall–Kier alpha value is -2.43. The topological polar surface area (TPSA) is 125 Å². The van der Waals surface area contributed by atoms with Gasteiger partial charge >= 0.3 is 12.1 Å². The van der Waals surface area contributed by atoms with Crippen molar-refractivity contribution in [3.05, 3.63) is 33.8 Å². The summed E-state index contributed by atoms with van der Waals surface area (Å²) >= 11 is 14.0. The Labute approximate surface area is 224 Å². The van der Waals surface area contributed by atoms with Crippen molar-refractivity contribution in [2.24, 2.45) is 11.8 Å². The van der Waals surface area contributed by atoms with E-state index in [-0.39, 0.29) is 25.0 Å². The van der Waals surface area contributed by atoms with Crippen LogP contribution < -0.4 is 10.6 Å². The largest absolute Gasteiger partial charge is 0.480 e. The van der Waals surface area contributed by atoms with Crippen LogP contribution in [0.15, 0.2) is 23.1 Å². The lowest BCUT2D eigenvalue weighted by atomic mass is 9.95. The van der Waals surface area contributed by atoms with Crippen molar-refractivity contribution in [1.82, 2.24) is 15.5 Å². The summed E-state index contributed by atoms with van der Waals surface area (Å²) in [5, 5.41) is 15.0. The first kappa shape index (κ1) is 29.8. The van der Waals surface area contributed by atoms with Crippen molar-refractivity contribution in [2.45, 2.75) is 37.6 Å². The fourth-order valence-corrected chi connectivity index (χ4v) is 4.60. The van der Waals surface area contributed by atoms with E-state index in [2.05, 4.69) is 10.6 Å². The van der Waals surface area contributed by atoms with Crippen molar-refractivity contribution in [3.8, 4) is 0 Å². The van der Waals surface area contributed by atoms with E-state index >= 15 is 0 Å². The number of hydrogen-bond acceptors (Lipinski definition) is 6. The van der Waals surface area contributed by atoms with Gasteiger partial charge in [-0.05, 0) is 42.7 Å². The number of benzene rings is 1. The van der Waals surface area contributed by atoms with Crippen LogP contribution in [0.1, 0.15) is 32.3 Å². The molecule has 0 aromatic heterocycles. The number of carboxylic acids is 1. The molecule has 1 atom stereocenters. The summed E-state index contributed by atoms with van der Waals surface area (Å²) in [6.45, 7) is 4.34. The molecular weight excluding hydrogens is 529 g/mol. The summed E-state index contributed by atoms with van der Waals surface area (Å²) in [5.74, 6) is -2.23. The SMILES string of the molecule is CSc1ccc(C=CC(=O)N2CCC(C(=O)N[C@@H](CNC(=O)OCC(C)C)C(=O)O)CC2)c(Cl)c1Cl. The number of carboxylic acid groups (broad SMARTS) is 1. The minimum atomic E-state index is -1.29. The number of hydrogen-bond donors (Lipinski definition) is 3. The molecule has 1 heterocycles. The van der Waals surface area contributed by atoms with E-state index in [1.807, 2.05) is 26.2 Å². The number of amides is 3. The van der Waals surface area contributed by atoms with Crippen molar-refractivity contribution < 1.29 is 29.0 Å². The van der Waals surface area contributed by atoms with Gasteiger partial charge in [-0.15, -0.1) is 11.8 Å². The standard InChI is InChI=1S/C24H31Cl2N3O6S/c1-14(2)13-35-24(34)27-12-17(23(32)33)28-22(31)16-8-10-29(11-9-16)19(30)7-5-15-4-6-18(36-3)21(26)20(15)25/h4-7,14,16-17H,8-13H2,1-3H3,(H,27,34)(H,28,31)(H,32,33)/t17-/m0/s1. The van der Waals surface area contributed by atoms with Gasteiger partial charge in [0.1, 0.15) is 6.04 Å². The van der Waals surface area contributed by atoms with Crippen LogP contribution in [-0.2, 0) is 19.1 Å². The number of ether oxygens (including phenoxy) is 1. The average Bonchev–Trinajstić information content (AvgIpc) is 2.85. The molecule has 0 spiro atoms. The molecule has 1 aromatic rings. The molecule has 1 saturated heterocycles. The second-order valence-electron chi connectivity index (χ2n) is 8.69. The number of nitrogens with zero attached hydrogens (tertiary/aromatic N) is 1. The minimum Gasteiger partial charge on any atom is -0.480 e. The molecule has 0 aliphatic carbocycles. The van der Waals surface area contributed by atoms with Crippen LogP contribution in [0.25, 0.3) is 6.08 Å². The van der Waals surface area contributed by atoms with E-state index in [1.165, 1.54) is 17.8 Å². The predicted octanol–water partition coefficient (Wildman–Crippen LogP) is 3.92. The average molecular weight is 561 g/mol. The molecule has 1 aromatic carbocycles. The van der Waals surface area contributed by atoms with E-state index in [0.29, 0.717) is 41.5 Å². The lowest BCUT2D eigenvalue weighted by Gasteiger charge is -2.31. The van der Waals surface area contributed by atoms with E-state index in [4.69, 9.17) is 27.9 Å². The molecule has 1 aliphatic heterocycles. The number of nitrogens with one attached hydrogen (secondary N) is 2. The highest BCUT2D eigenvalue weighted by Crippen LogP contribution is 2.35. The van der Waals surface area contributed by atoms with Gasteiger partial charge in [0.2, 0.25) is 11.8 Å². The van der Waals surface area contributed by atoms with Crippen LogP contribution in [0.4, 0.5) is 4.79 Å². The van der Waals surface area contributed by atoms with E-state index < -0.39 is 29.9 Å². The molecule has 0 unspecified atom stereocenters. The molecule has 0 bridgehead atoms. The lowest BCUT2D eigenvalue weighted by Crippen LogP contribution is -2.51. The van der Waals surface area contributed by atoms with Crippen LogP contribution in [0.5, 0.6) is 0 Å². The number of piperidine rings is 1. The first-order valence-corrected chi connectivity index (χ1v) is 13.4. The van der Waals surface area contributed by atoms with Crippen molar-refractivity contribution in [3.63, 3.8) is 0 Å². The number of likely N-dealkylation sites (tertiary alicyclic amines) is 1. The van der Waals surface area contributed by atoms with E-state index in [1.54, 1.807) is 17.0 Å². The van der Waals surface area contributed by atoms with Gasteiger partial charge in [0, 0.05) is 30.0 Å². The third-order valence-corrected chi connectivity index (χ3v) is 7.28. The molecule has 36 heavy (non-hydrogen) atoms. The molecule has 9 nitrogen and oxygen atoms in total. The molecule has 3 amide bonds. The number of carbonyl (C=O) groups excluding carboxylic acids is 3. The van der Waals surface area contributed by atoms with Gasteiger partial charge in [-0.25, -0.2) is 9.59 Å². The van der Waals surface area contributed by atoms with Crippen molar-refractivity contribution in [1.29, 1.82) is 0 Å². The van der Waals surface area contributed by atoms with Gasteiger partial charge < -0.3 is 25.4 Å². The fraction of sp³-hybridized carbons (Fsp3) is 0.500. The number of rotatable bonds is 10. The predicted molar refractivity (Wildman–Crippen MR) is 140 cm³/mol. The quantitative estimate of drug-likeness (QED) is 0.293. The van der Waals surface area contributed by atoms with Crippen LogP contribution in [0.2, 0.25) is 10.0 Å². The smallest absolute Gasteiger partial charge is 0.407 e. The Morgan fingerprint density at radius 2 is 1.86 bits per heavy atom. The Morgan fingerprint density at radius 3 is 2.44 bits per heavy atom. The molecule has 12 heteroatoms. The van der Waals surface area contributed by atoms with Crippen molar-refractivity contribution >= 4 is 64.9 Å². The second-order valence-corrected chi connectivity index (χ2v) is 10.3. The highest BCUT2D eigenvalue weighted by atomic mass is 35.5. The first-order chi connectivity index (χ1) is 17.0. The van der Waals surface area contributed by atoms with Gasteiger partial charge in [0.05, 0.1) is 23.2 Å². The van der Waals surface area contributed by atoms with Crippen molar-refractivity contribution in [2.75, 3.05) is 32.5 Å². The van der Waals surface area contributed by atoms with Gasteiger partial charge in [-0.1, -0.05) is 43.1 Å².